The third kappa shape index (κ3) is 2.96. The average Bonchev–Trinajstić information content (AvgIpc) is 2.02. The van der Waals surface area contributed by atoms with Gasteiger partial charge in [-0.15, -0.1) is 0 Å². The first-order valence-electron chi connectivity index (χ1n) is 5.86. The van der Waals surface area contributed by atoms with Gasteiger partial charge >= 0.3 is 0 Å². The molecule has 0 saturated heterocycles. The molecule has 2 unspecified atom stereocenters. The molecule has 14 heavy (non-hydrogen) atoms. The van der Waals surface area contributed by atoms with E-state index in [1.54, 1.807) is 0 Å². The Morgan fingerprint density at radius 2 is 2.07 bits per heavy atom. The van der Waals surface area contributed by atoms with E-state index in [2.05, 4.69) is 32.7 Å². The van der Waals surface area contributed by atoms with Crippen LogP contribution in [-0.4, -0.2) is 31.1 Å². The van der Waals surface area contributed by atoms with Crippen LogP contribution in [0, 0.1) is 11.3 Å². The van der Waals surface area contributed by atoms with Crippen molar-refractivity contribution in [1.82, 2.24) is 4.90 Å². The van der Waals surface area contributed by atoms with Crippen LogP contribution in [0.4, 0.5) is 0 Å². The van der Waals surface area contributed by atoms with Gasteiger partial charge in [0.05, 0.1) is 0 Å². The molecule has 0 aromatic carbocycles. The Kier molecular flexibility index (Phi) is 3.96. The molecule has 1 aliphatic carbocycles. The first-order valence-corrected chi connectivity index (χ1v) is 5.86. The molecule has 2 nitrogen and oxygen atoms in total. The van der Waals surface area contributed by atoms with Crippen LogP contribution >= 0.6 is 0 Å². The molecule has 1 fully saturated rings. The van der Waals surface area contributed by atoms with Crippen molar-refractivity contribution in [3.05, 3.63) is 0 Å². The van der Waals surface area contributed by atoms with Crippen molar-refractivity contribution in [3.8, 4) is 0 Å². The fourth-order valence-corrected chi connectivity index (χ4v) is 2.96. The zero-order chi connectivity index (χ0) is 10.8. The Hall–Kier alpha value is -0.0800. The molecule has 1 saturated carbocycles. The Balaban J connectivity index is 2.49. The summed E-state index contributed by atoms with van der Waals surface area (Å²) in [6.45, 7) is 8.99. The molecule has 84 valence electrons. The van der Waals surface area contributed by atoms with Crippen LogP contribution in [0.1, 0.15) is 40.0 Å². The third-order valence-electron chi connectivity index (χ3n) is 3.70. The Bertz CT molecular complexity index is 177. The molecule has 0 bridgehead atoms. The van der Waals surface area contributed by atoms with Crippen LogP contribution < -0.4 is 5.73 Å². The van der Waals surface area contributed by atoms with E-state index in [0.29, 0.717) is 5.41 Å². The Morgan fingerprint density at radius 3 is 2.57 bits per heavy atom. The minimum absolute atomic E-state index is 0.555. The maximum atomic E-state index is 5.59. The summed E-state index contributed by atoms with van der Waals surface area (Å²) < 4.78 is 0. The lowest BCUT2D eigenvalue weighted by molar-refractivity contribution is 0.0786. The topological polar surface area (TPSA) is 29.3 Å². The zero-order valence-electron chi connectivity index (χ0n) is 10.2. The predicted octanol–water partition coefficient (Wildman–Crippen LogP) is 2.09. The standard InChI is InChI=1S/C12H26N2/c1-10-9-12(2,3)6-5-11(10)14(4)8-7-13/h10-11H,5-9,13H2,1-4H3. The van der Waals surface area contributed by atoms with Crippen molar-refractivity contribution in [3.63, 3.8) is 0 Å². The summed E-state index contributed by atoms with van der Waals surface area (Å²) in [7, 11) is 2.21. The highest BCUT2D eigenvalue weighted by Gasteiger charge is 2.33. The lowest BCUT2D eigenvalue weighted by Gasteiger charge is -2.43. The molecular weight excluding hydrogens is 172 g/mol. The van der Waals surface area contributed by atoms with Gasteiger partial charge in [-0.2, -0.15) is 0 Å². The van der Waals surface area contributed by atoms with Crippen molar-refractivity contribution < 1.29 is 0 Å². The summed E-state index contributed by atoms with van der Waals surface area (Å²) in [4.78, 5) is 2.44. The summed E-state index contributed by atoms with van der Waals surface area (Å²) in [6.07, 6.45) is 4.05. The van der Waals surface area contributed by atoms with Crippen LogP contribution in [-0.2, 0) is 0 Å². The normalized spacial score (nSPS) is 32.1. The highest BCUT2D eigenvalue weighted by atomic mass is 15.1. The molecule has 2 atom stereocenters. The van der Waals surface area contributed by atoms with E-state index in [4.69, 9.17) is 5.73 Å². The predicted molar refractivity (Wildman–Crippen MR) is 62.3 cm³/mol. The molecule has 0 aliphatic heterocycles. The second-order valence-electron chi connectivity index (χ2n) is 5.72. The molecule has 2 heteroatoms. The largest absolute Gasteiger partial charge is 0.329 e. The number of hydrogen-bond donors (Lipinski definition) is 1. The fraction of sp³-hybridized carbons (Fsp3) is 1.00. The lowest BCUT2D eigenvalue weighted by atomic mass is 9.70. The molecule has 0 heterocycles. The van der Waals surface area contributed by atoms with E-state index >= 15 is 0 Å². The summed E-state index contributed by atoms with van der Waals surface area (Å²) in [5.74, 6) is 0.815. The smallest absolute Gasteiger partial charge is 0.0119 e. The van der Waals surface area contributed by atoms with Gasteiger partial charge in [-0.25, -0.2) is 0 Å². The first kappa shape index (κ1) is 12.0. The van der Waals surface area contributed by atoms with Gasteiger partial charge in [-0.1, -0.05) is 20.8 Å². The third-order valence-corrected chi connectivity index (χ3v) is 3.70. The minimum atomic E-state index is 0.555. The highest BCUT2D eigenvalue weighted by Crippen LogP contribution is 2.39. The van der Waals surface area contributed by atoms with E-state index in [0.717, 1.165) is 25.0 Å². The molecule has 0 aromatic rings. The van der Waals surface area contributed by atoms with Gasteiger partial charge in [0.25, 0.3) is 0 Å². The van der Waals surface area contributed by atoms with Crippen LogP contribution in [0.2, 0.25) is 0 Å². The second-order valence-corrected chi connectivity index (χ2v) is 5.72. The monoisotopic (exact) mass is 198 g/mol. The van der Waals surface area contributed by atoms with Crippen LogP contribution in [0.5, 0.6) is 0 Å². The molecule has 0 radical (unpaired) electrons. The van der Waals surface area contributed by atoms with Crippen molar-refractivity contribution in [2.45, 2.75) is 46.1 Å². The maximum absolute atomic E-state index is 5.59. The minimum Gasteiger partial charge on any atom is -0.329 e. The van der Waals surface area contributed by atoms with Gasteiger partial charge in [0.15, 0.2) is 0 Å². The van der Waals surface area contributed by atoms with Gasteiger partial charge < -0.3 is 10.6 Å². The summed E-state index contributed by atoms with van der Waals surface area (Å²) in [6, 6.07) is 0.756. The zero-order valence-corrected chi connectivity index (χ0v) is 10.2. The fourth-order valence-electron chi connectivity index (χ4n) is 2.96. The molecular formula is C12H26N2. The quantitative estimate of drug-likeness (QED) is 0.752. The molecule has 0 aromatic heterocycles. The molecule has 1 aliphatic rings. The van der Waals surface area contributed by atoms with Gasteiger partial charge in [0, 0.05) is 19.1 Å². The van der Waals surface area contributed by atoms with E-state index < -0.39 is 0 Å². The Morgan fingerprint density at radius 1 is 1.43 bits per heavy atom. The summed E-state index contributed by atoms with van der Waals surface area (Å²) >= 11 is 0. The van der Waals surface area contributed by atoms with Crippen LogP contribution in [0.3, 0.4) is 0 Å². The van der Waals surface area contributed by atoms with E-state index in [1.165, 1.54) is 19.3 Å². The molecule has 0 amide bonds. The van der Waals surface area contributed by atoms with E-state index in [9.17, 15) is 0 Å². The Labute approximate surface area is 88.8 Å². The lowest BCUT2D eigenvalue weighted by Crippen LogP contribution is -2.44. The van der Waals surface area contributed by atoms with Crippen molar-refractivity contribution >= 4 is 0 Å². The maximum Gasteiger partial charge on any atom is 0.0119 e. The number of hydrogen-bond acceptors (Lipinski definition) is 2. The highest BCUT2D eigenvalue weighted by molar-refractivity contribution is 4.87. The molecule has 1 rings (SSSR count). The number of rotatable bonds is 3. The molecule has 2 N–H and O–H groups in total. The number of nitrogens with zero attached hydrogens (tertiary/aromatic N) is 1. The summed E-state index contributed by atoms with van der Waals surface area (Å²) in [5, 5.41) is 0. The van der Waals surface area contributed by atoms with Crippen molar-refractivity contribution in [1.29, 1.82) is 0 Å². The van der Waals surface area contributed by atoms with Gasteiger partial charge in [-0.05, 0) is 37.6 Å². The van der Waals surface area contributed by atoms with Gasteiger partial charge in [0.2, 0.25) is 0 Å². The van der Waals surface area contributed by atoms with E-state index in [1.807, 2.05) is 0 Å². The van der Waals surface area contributed by atoms with Gasteiger partial charge in [0.1, 0.15) is 0 Å². The van der Waals surface area contributed by atoms with Crippen molar-refractivity contribution in [2.24, 2.45) is 17.1 Å². The first-order chi connectivity index (χ1) is 6.46. The van der Waals surface area contributed by atoms with E-state index in [-0.39, 0.29) is 0 Å². The average molecular weight is 198 g/mol. The second kappa shape index (κ2) is 4.63. The van der Waals surface area contributed by atoms with Gasteiger partial charge in [-0.3, -0.25) is 0 Å². The van der Waals surface area contributed by atoms with Crippen LogP contribution in [0.25, 0.3) is 0 Å². The molecule has 0 spiro atoms. The number of likely N-dealkylation sites (N-methyl/N-ethyl adjacent to an activating group) is 1. The SMILES string of the molecule is CC1CC(C)(C)CCC1N(C)CCN. The summed E-state index contributed by atoms with van der Waals surface area (Å²) in [5.41, 5.74) is 6.15. The number of nitrogens with two attached hydrogens (primary N) is 1. The van der Waals surface area contributed by atoms with Crippen LogP contribution in [0.15, 0.2) is 0 Å². The van der Waals surface area contributed by atoms with Crippen molar-refractivity contribution in [2.75, 3.05) is 20.1 Å².